The number of ether oxygens (including phenoxy) is 1. The Labute approximate surface area is 132 Å². The van der Waals surface area contributed by atoms with Crippen molar-refractivity contribution < 1.29 is 4.74 Å². The van der Waals surface area contributed by atoms with Gasteiger partial charge in [0.25, 0.3) is 0 Å². The van der Waals surface area contributed by atoms with Crippen molar-refractivity contribution in [2.24, 2.45) is 5.92 Å². The third-order valence-corrected chi connectivity index (χ3v) is 3.51. The number of rotatable bonds is 7. The Morgan fingerprint density at radius 1 is 1.25 bits per heavy atom. The van der Waals surface area contributed by atoms with Crippen molar-refractivity contribution in [3.05, 3.63) is 28.2 Å². The van der Waals surface area contributed by atoms with Crippen molar-refractivity contribution in [1.29, 1.82) is 0 Å². The molecular weight excluding hydrogens is 314 g/mol. The zero-order chi connectivity index (χ0) is 15.2. The molecule has 114 valence electrons. The summed E-state index contributed by atoms with van der Waals surface area (Å²) in [5.74, 6) is 1.74. The molecular formula is C17H28BrNO. The second-order valence-corrected chi connectivity index (χ2v) is 7.66. The Morgan fingerprint density at radius 2 is 1.95 bits per heavy atom. The van der Waals surface area contributed by atoms with Crippen LogP contribution in [0.4, 0.5) is 0 Å². The maximum Gasteiger partial charge on any atom is 0.123 e. The van der Waals surface area contributed by atoms with E-state index >= 15 is 0 Å². The number of hydrogen-bond donors (Lipinski definition) is 1. The van der Waals surface area contributed by atoms with Crippen LogP contribution in [0.5, 0.6) is 5.75 Å². The van der Waals surface area contributed by atoms with E-state index in [-0.39, 0.29) is 5.54 Å². The molecule has 0 aliphatic carbocycles. The predicted molar refractivity (Wildman–Crippen MR) is 90.3 cm³/mol. The number of nitrogens with one attached hydrogen (secondary N) is 1. The molecule has 0 aliphatic rings. The van der Waals surface area contributed by atoms with Crippen LogP contribution in [0.3, 0.4) is 0 Å². The lowest BCUT2D eigenvalue weighted by molar-refractivity contribution is 0.292. The first-order valence-electron chi connectivity index (χ1n) is 7.44. The lowest BCUT2D eigenvalue weighted by Gasteiger charge is -2.22. The van der Waals surface area contributed by atoms with Crippen molar-refractivity contribution in [2.45, 2.75) is 59.5 Å². The average molecular weight is 342 g/mol. The topological polar surface area (TPSA) is 21.3 Å². The van der Waals surface area contributed by atoms with Crippen molar-refractivity contribution in [2.75, 3.05) is 6.61 Å². The Bertz CT molecular complexity index is 410. The fraction of sp³-hybridized carbons (Fsp3) is 0.647. The Hall–Kier alpha value is -0.540. The van der Waals surface area contributed by atoms with Gasteiger partial charge in [0.15, 0.2) is 0 Å². The van der Waals surface area contributed by atoms with Gasteiger partial charge >= 0.3 is 0 Å². The highest BCUT2D eigenvalue weighted by Crippen LogP contribution is 2.24. The fourth-order valence-corrected chi connectivity index (χ4v) is 2.27. The largest absolute Gasteiger partial charge is 0.493 e. The van der Waals surface area contributed by atoms with E-state index in [1.54, 1.807) is 0 Å². The van der Waals surface area contributed by atoms with E-state index in [0.29, 0.717) is 0 Å². The molecule has 0 spiro atoms. The van der Waals surface area contributed by atoms with Crippen LogP contribution in [0.15, 0.2) is 22.7 Å². The molecule has 3 heteroatoms. The van der Waals surface area contributed by atoms with Gasteiger partial charge in [-0.25, -0.2) is 0 Å². The summed E-state index contributed by atoms with van der Waals surface area (Å²) in [4.78, 5) is 0. The molecule has 1 rings (SSSR count). The minimum absolute atomic E-state index is 0.108. The molecule has 0 fully saturated rings. The van der Waals surface area contributed by atoms with E-state index in [2.05, 4.69) is 68.0 Å². The second-order valence-electron chi connectivity index (χ2n) is 6.74. The van der Waals surface area contributed by atoms with Crippen LogP contribution in [0.25, 0.3) is 0 Å². The smallest absolute Gasteiger partial charge is 0.123 e. The first-order valence-corrected chi connectivity index (χ1v) is 8.23. The summed E-state index contributed by atoms with van der Waals surface area (Å²) in [6.07, 6.45) is 2.33. The van der Waals surface area contributed by atoms with E-state index in [1.807, 2.05) is 6.07 Å². The molecule has 2 nitrogen and oxygen atoms in total. The van der Waals surface area contributed by atoms with Gasteiger partial charge in [0.1, 0.15) is 5.75 Å². The Morgan fingerprint density at radius 3 is 2.55 bits per heavy atom. The Kier molecular flexibility index (Phi) is 7.04. The van der Waals surface area contributed by atoms with Gasteiger partial charge in [0, 0.05) is 22.1 Å². The highest BCUT2D eigenvalue weighted by atomic mass is 79.9. The number of benzene rings is 1. The molecule has 0 saturated carbocycles. The van der Waals surface area contributed by atoms with Gasteiger partial charge in [-0.3, -0.25) is 0 Å². The molecule has 0 unspecified atom stereocenters. The van der Waals surface area contributed by atoms with Crippen molar-refractivity contribution in [3.8, 4) is 5.75 Å². The minimum Gasteiger partial charge on any atom is -0.493 e. The van der Waals surface area contributed by atoms with Gasteiger partial charge in [-0.1, -0.05) is 29.8 Å². The maximum absolute atomic E-state index is 5.95. The second kappa shape index (κ2) is 8.04. The minimum atomic E-state index is 0.108. The molecule has 0 atom stereocenters. The summed E-state index contributed by atoms with van der Waals surface area (Å²) >= 11 is 3.53. The monoisotopic (exact) mass is 341 g/mol. The summed E-state index contributed by atoms with van der Waals surface area (Å²) in [5.41, 5.74) is 1.32. The molecule has 20 heavy (non-hydrogen) atoms. The average Bonchev–Trinajstić information content (AvgIpc) is 2.32. The van der Waals surface area contributed by atoms with Gasteiger partial charge in [0.05, 0.1) is 6.61 Å². The lowest BCUT2D eigenvalue weighted by atomic mass is 10.1. The lowest BCUT2D eigenvalue weighted by Crippen LogP contribution is -2.35. The highest BCUT2D eigenvalue weighted by molar-refractivity contribution is 9.10. The first-order chi connectivity index (χ1) is 9.28. The molecule has 0 saturated heterocycles. The summed E-state index contributed by atoms with van der Waals surface area (Å²) in [6, 6.07) is 6.23. The summed E-state index contributed by atoms with van der Waals surface area (Å²) < 4.78 is 7.04. The van der Waals surface area contributed by atoms with Gasteiger partial charge in [-0.15, -0.1) is 0 Å². The zero-order valence-electron chi connectivity index (χ0n) is 13.4. The molecule has 0 aliphatic heterocycles. The van der Waals surface area contributed by atoms with Crippen molar-refractivity contribution >= 4 is 15.9 Å². The van der Waals surface area contributed by atoms with Crippen LogP contribution in [0.2, 0.25) is 0 Å². The molecule has 1 aromatic rings. The third kappa shape index (κ3) is 7.30. The zero-order valence-corrected chi connectivity index (χ0v) is 15.0. The van der Waals surface area contributed by atoms with Crippen molar-refractivity contribution in [1.82, 2.24) is 5.32 Å². The van der Waals surface area contributed by atoms with Crippen LogP contribution in [-0.4, -0.2) is 12.1 Å². The van der Waals surface area contributed by atoms with E-state index in [0.717, 1.165) is 35.7 Å². The van der Waals surface area contributed by atoms with E-state index in [1.165, 1.54) is 12.0 Å². The fourth-order valence-electron chi connectivity index (χ4n) is 1.86. The number of hydrogen-bond acceptors (Lipinski definition) is 2. The summed E-state index contributed by atoms with van der Waals surface area (Å²) in [7, 11) is 0. The van der Waals surface area contributed by atoms with Gasteiger partial charge in [-0.2, -0.15) is 0 Å². The first kappa shape index (κ1) is 17.5. The molecule has 0 heterocycles. The summed E-state index contributed by atoms with van der Waals surface area (Å²) in [6.45, 7) is 12.6. The van der Waals surface area contributed by atoms with E-state index in [4.69, 9.17) is 4.74 Å². The quantitative estimate of drug-likeness (QED) is 0.692. The normalized spacial score (nSPS) is 11.9. The van der Waals surface area contributed by atoms with E-state index < -0.39 is 0 Å². The van der Waals surface area contributed by atoms with Crippen LogP contribution < -0.4 is 10.1 Å². The number of halogens is 1. The maximum atomic E-state index is 5.95. The molecule has 1 aromatic carbocycles. The standard InChI is InChI=1S/C17H28BrNO/c1-13(2)7-6-10-20-16-9-8-15(18)11-14(16)12-19-17(3,4)5/h8-9,11,13,19H,6-7,10,12H2,1-5H3. The molecule has 1 N–H and O–H groups in total. The van der Waals surface area contributed by atoms with Crippen LogP contribution >= 0.6 is 15.9 Å². The molecule has 0 amide bonds. The van der Waals surface area contributed by atoms with Crippen LogP contribution in [0.1, 0.15) is 53.0 Å². The summed E-state index contributed by atoms with van der Waals surface area (Å²) in [5, 5.41) is 3.51. The van der Waals surface area contributed by atoms with Gasteiger partial charge in [-0.05, 0) is 57.7 Å². The molecule has 0 bridgehead atoms. The van der Waals surface area contributed by atoms with Gasteiger partial charge in [0.2, 0.25) is 0 Å². The molecule has 0 radical (unpaired) electrons. The highest BCUT2D eigenvalue weighted by Gasteiger charge is 2.11. The Balaban J connectivity index is 2.60. The predicted octanol–water partition coefficient (Wildman–Crippen LogP) is 5.15. The third-order valence-electron chi connectivity index (χ3n) is 3.02. The van der Waals surface area contributed by atoms with E-state index in [9.17, 15) is 0 Å². The van der Waals surface area contributed by atoms with Crippen LogP contribution in [-0.2, 0) is 6.54 Å². The SMILES string of the molecule is CC(C)CCCOc1ccc(Br)cc1CNC(C)(C)C. The van der Waals surface area contributed by atoms with Gasteiger partial charge < -0.3 is 10.1 Å². The van der Waals surface area contributed by atoms with Crippen LogP contribution in [0, 0.1) is 5.92 Å². The molecule has 0 aromatic heterocycles. The van der Waals surface area contributed by atoms with Crippen molar-refractivity contribution in [3.63, 3.8) is 0 Å².